The van der Waals surface area contributed by atoms with E-state index in [1.54, 1.807) is 23.1 Å². The van der Waals surface area contributed by atoms with E-state index in [1.807, 2.05) is 13.0 Å². The van der Waals surface area contributed by atoms with Gasteiger partial charge in [-0.05, 0) is 37.3 Å². The van der Waals surface area contributed by atoms with Crippen molar-refractivity contribution >= 4 is 40.5 Å². The molecule has 1 heterocycles. The van der Waals surface area contributed by atoms with Crippen LogP contribution in [0.15, 0.2) is 42.5 Å². The van der Waals surface area contributed by atoms with Crippen LogP contribution in [0.4, 0.5) is 21.5 Å². The first kappa shape index (κ1) is 17.2. The molecule has 1 aliphatic rings. The standard InChI is InChI=1S/C18H17ClFN3O2/c1-11-8-17(24)22-15-4-2-3-5-16(15)23(11)18(25)10-21-12-6-7-14(20)13(19)9-12/h2-7,9,11,21H,8,10H2,1H3,(H,22,24)/t11-/m0/s1. The van der Waals surface area contributed by atoms with Crippen LogP contribution in [0.3, 0.4) is 0 Å². The van der Waals surface area contributed by atoms with Gasteiger partial charge in [-0.25, -0.2) is 4.39 Å². The molecule has 1 aliphatic heterocycles. The molecule has 130 valence electrons. The molecule has 5 nitrogen and oxygen atoms in total. The van der Waals surface area contributed by atoms with Crippen molar-refractivity contribution in [3.8, 4) is 0 Å². The van der Waals surface area contributed by atoms with Crippen molar-refractivity contribution in [3.05, 3.63) is 53.3 Å². The van der Waals surface area contributed by atoms with Gasteiger partial charge in [0.05, 0.1) is 22.9 Å². The van der Waals surface area contributed by atoms with Crippen LogP contribution in [0, 0.1) is 5.82 Å². The Morgan fingerprint density at radius 2 is 2.12 bits per heavy atom. The van der Waals surface area contributed by atoms with Crippen LogP contribution in [-0.2, 0) is 9.59 Å². The van der Waals surface area contributed by atoms with E-state index >= 15 is 0 Å². The molecule has 2 aromatic rings. The first-order chi connectivity index (χ1) is 12.0. The first-order valence-electron chi connectivity index (χ1n) is 7.85. The molecule has 0 saturated heterocycles. The summed E-state index contributed by atoms with van der Waals surface area (Å²) in [6.07, 6.45) is 0.211. The van der Waals surface area contributed by atoms with Gasteiger partial charge in [-0.2, -0.15) is 0 Å². The average Bonchev–Trinajstić information content (AvgIpc) is 2.70. The highest BCUT2D eigenvalue weighted by Gasteiger charge is 2.29. The number of nitrogens with one attached hydrogen (secondary N) is 2. The number of rotatable bonds is 3. The fraction of sp³-hybridized carbons (Fsp3) is 0.222. The van der Waals surface area contributed by atoms with Gasteiger partial charge in [0.25, 0.3) is 0 Å². The Balaban J connectivity index is 1.80. The second kappa shape index (κ2) is 7.11. The zero-order valence-electron chi connectivity index (χ0n) is 13.6. The fourth-order valence-corrected chi connectivity index (χ4v) is 3.02. The van der Waals surface area contributed by atoms with Crippen molar-refractivity contribution in [1.82, 2.24) is 0 Å². The third kappa shape index (κ3) is 3.74. The number of benzene rings is 2. The van der Waals surface area contributed by atoms with E-state index in [2.05, 4.69) is 10.6 Å². The molecule has 0 fully saturated rings. The van der Waals surface area contributed by atoms with E-state index in [0.717, 1.165) is 0 Å². The number of hydrogen-bond donors (Lipinski definition) is 2. The Morgan fingerprint density at radius 3 is 2.88 bits per heavy atom. The summed E-state index contributed by atoms with van der Waals surface area (Å²) in [7, 11) is 0. The van der Waals surface area contributed by atoms with Crippen molar-refractivity contribution in [3.63, 3.8) is 0 Å². The lowest BCUT2D eigenvalue weighted by molar-refractivity contribution is -0.118. The van der Waals surface area contributed by atoms with Crippen molar-refractivity contribution in [2.45, 2.75) is 19.4 Å². The van der Waals surface area contributed by atoms with Gasteiger partial charge in [-0.1, -0.05) is 23.7 Å². The van der Waals surface area contributed by atoms with Crippen LogP contribution in [0.5, 0.6) is 0 Å². The summed E-state index contributed by atoms with van der Waals surface area (Å²) < 4.78 is 13.2. The molecule has 0 spiro atoms. The first-order valence-corrected chi connectivity index (χ1v) is 8.23. The fourth-order valence-electron chi connectivity index (χ4n) is 2.84. The van der Waals surface area contributed by atoms with Crippen LogP contribution >= 0.6 is 11.6 Å². The summed E-state index contributed by atoms with van der Waals surface area (Å²) in [4.78, 5) is 26.3. The molecule has 2 amide bonds. The number of halogens is 2. The molecule has 7 heteroatoms. The molecule has 0 unspecified atom stereocenters. The predicted octanol–water partition coefficient (Wildman–Crippen LogP) is 3.65. The molecule has 2 N–H and O–H groups in total. The van der Waals surface area contributed by atoms with E-state index in [0.29, 0.717) is 17.1 Å². The van der Waals surface area contributed by atoms with Crippen molar-refractivity contribution in [2.24, 2.45) is 0 Å². The van der Waals surface area contributed by atoms with Crippen LogP contribution in [0.2, 0.25) is 5.02 Å². The second-order valence-corrected chi connectivity index (χ2v) is 6.27. The van der Waals surface area contributed by atoms with E-state index in [4.69, 9.17) is 11.6 Å². The summed E-state index contributed by atoms with van der Waals surface area (Å²) in [6, 6.07) is 11.1. The molecule has 3 rings (SSSR count). The molecule has 0 bridgehead atoms. The van der Waals surface area contributed by atoms with Crippen molar-refractivity contribution < 1.29 is 14.0 Å². The van der Waals surface area contributed by atoms with Crippen molar-refractivity contribution in [1.29, 1.82) is 0 Å². The molecule has 25 heavy (non-hydrogen) atoms. The maximum atomic E-state index is 13.2. The highest BCUT2D eigenvalue weighted by Crippen LogP contribution is 2.31. The average molecular weight is 362 g/mol. The predicted molar refractivity (Wildman–Crippen MR) is 96.5 cm³/mol. The smallest absolute Gasteiger partial charge is 0.246 e. The minimum absolute atomic E-state index is 0.00513. The number of carbonyl (C=O) groups is 2. The van der Waals surface area contributed by atoms with Crippen LogP contribution < -0.4 is 15.5 Å². The largest absolute Gasteiger partial charge is 0.376 e. The second-order valence-electron chi connectivity index (χ2n) is 5.86. The number of nitrogens with zero attached hydrogens (tertiary/aromatic N) is 1. The maximum absolute atomic E-state index is 13.2. The van der Waals surface area contributed by atoms with Gasteiger partial charge < -0.3 is 15.5 Å². The summed E-state index contributed by atoms with van der Waals surface area (Å²) in [5.41, 5.74) is 1.81. The lowest BCUT2D eigenvalue weighted by atomic mass is 10.1. The lowest BCUT2D eigenvalue weighted by Crippen LogP contribution is -2.42. The monoisotopic (exact) mass is 361 g/mol. The Labute approximate surface area is 149 Å². The molecular weight excluding hydrogens is 345 g/mol. The Kier molecular flexibility index (Phi) is 4.90. The van der Waals surface area contributed by atoms with Gasteiger partial charge in [0, 0.05) is 18.2 Å². The topological polar surface area (TPSA) is 61.4 Å². The van der Waals surface area contributed by atoms with Gasteiger partial charge in [0.15, 0.2) is 0 Å². The highest BCUT2D eigenvalue weighted by molar-refractivity contribution is 6.31. The number of para-hydroxylation sites is 2. The van der Waals surface area contributed by atoms with E-state index < -0.39 is 5.82 Å². The summed E-state index contributed by atoms with van der Waals surface area (Å²) in [6.45, 7) is 1.82. The van der Waals surface area contributed by atoms with Crippen molar-refractivity contribution in [2.75, 3.05) is 22.1 Å². The molecule has 0 aliphatic carbocycles. The minimum atomic E-state index is -0.516. The third-order valence-electron chi connectivity index (χ3n) is 3.99. The van der Waals surface area contributed by atoms with E-state index in [1.165, 1.54) is 18.2 Å². The zero-order chi connectivity index (χ0) is 18.0. The number of amides is 2. The van der Waals surface area contributed by atoms with E-state index in [-0.39, 0.29) is 35.8 Å². The number of hydrogen-bond acceptors (Lipinski definition) is 3. The number of fused-ring (bicyclic) bond motifs is 1. The number of carbonyl (C=O) groups excluding carboxylic acids is 2. The minimum Gasteiger partial charge on any atom is -0.376 e. The summed E-state index contributed by atoms with van der Waals surface area (Å²) in [5.74, 6) is -0.844. The highest BCUT2D eigenvalue weighted by atomic mass is 35.5. The molecule has 0 aromatic heterocycles. The van der Waals surface area contributed by atoms with E-state index in [9.17, 15) is 14.0 Å². The normalized spacial score (nSPS) is 16.7. The molecule has 0 saturated carbocycles. The van der Waals surface area contributed by atoms with Crippen LogP contribution in [0.25, 0.3) is 0 Å². The SMILES string of the molecule is C[C@H]1CC(=O)Nc2ccccc2N1C(=O)CNc1ccc(F)c(Cl)c1. The Hall–Kier alpha value is -2.60. The lowest BCUT2D eigenvalue weighted by Gasteiger charge is -2.28. The van der Waals surface area contributed by atoms with Gasteiger partial charge in [-0.15, -0.1) is 0 Å². The quantitative estimate of drug-likeness (QED) is 0.877. The Bertz CT molecular complexity index is 828. The summed E-state index contributed by atoms with van der Waals surface area (Å²) >= 11 is 5.75. The zero-order valence-corrected chi connectivity index (χ0v) is 14.3. The molecule has 0 radical (unpaired) electrons. The van der Waals surface area contributed by atoms with Crippen LogP contribution in [0.1, 0.15) is 13.3 Å². The van der Waals surface area contributed by atoms with Gasteiger partial charge in [0.2, 0.25) is 11.8 Å². The Morgan fingerprint density at radius 1 is 1.36 bits per heavy atom. The number of anilines is 3. The molecule has 1 atom stereocenters. The van der Waals surface area contributed by atoms with Gasteiger partial charge >= 0.3 is 0 Å². The van der Waals surface area contributed by atoms with Gasteiger partial charge in [-0.3, -0.25) is 9.59 Å². The molecule has 2 aromatic carbocycles. The maximum Gasteiger partial charge on any atom is 0.246 e. The van der Waals surface area contributed by atoms with Gasteiger partial charge in [0.1, 0.15) is 5.82 Å². The molecular formula is C18H17ClFN3O2. The summed E-state index contributed by atoms with van der Waals surface area (Å²) in [5, 5.41) is 5.74. The third-order valence-corrected chi connectivity index (χ3v) is 4.28. The van der Waals surface area contributed by atoms with Crippen LogP contribution in [-0.4, -0.2) is 24.4 Å².